The number of Topliss-reactive ketones (excluding diaryl/α,β-unsaturated/α-hetero) is 1. The zero-order chi connectivity index (χ0) is 15.9. The number of amides is 2. The van der Waals surface area contributed by atoms with E-state index in [9.17, 15) is 14.4 Å². The molecule has 2 aromatic rings. The summed E-state index contributed by atoms with van der Waals surface area (Å²) in [5, 5.41) is 0. The van der Waals surface area contributed by atoms with Gasteiger partial charge in [0.15, 0.2) is 5.78 Å². The number of carbonyl (C=O) groups is 3. The van der Waals surface area contributed by atoms with Crippen molar-refractivity contribution in [2.24, 2.45) is 0 Å². The predicted molar refractivity (Wildman–Crippen MR) is 82.7 cm³/mol. The Hall–Kier alpha value is -2.25. The van der Waals surface area contributed by atoms with Gasteiger partial charge >= 0.3 is 0 Å². The molecule has 114 valence electrons. The number of hydrazine groups is 1. The van der Waals surface area contributed by atoms with E-state index in [0.29, 0.717) is 14.8 Å². The molecule has 0 aromatic carbocycles. The number of hydrogen-bond acceptors (Lipinski definition) is 5. The van der Waals surface area contributed by atoms with E-state index < -0.39 is 11.8 Å². The molecule has 0 saturated heterocycles. The quantitative estimate of drug-likeness (QED) is 0.647. The van der Waals surface area contributed by atoms with Crippen LogP contribution in [0.3, 0.4) is 0 Å². The van der Waals surface area contributed by atoms with E-state index in [-0.39, 0.29) is 18.6 Å². The molecule has 8 heteroatoms. The van der Waals surface area contributed by atoms with Gasteiger partial charge in [-0.1, -0.05) is 11.6 Å². The van der Waals surface area contributed by atoms with Crippen LogP contribution in [0.25, 0.3) is 0 Å². The molecule has 0 saturated carbocycles. The molecule has 0 bridgehead atoms. The van der Waals surface area contributed by atoms with Crippen LogP contribution in [0.1, 0.15) is 32.9 Å². The largest absolute Gasteiger partial charge is 0.293 e. The van der Waals surface area contributed by atoms with Gasteiger partial charge in [0.25, 0.3) is 5.91 Å². The van der Waals surface area contributed by atoms with Crippen molar-refractivity contribution in [2.75, 3.05) is 0 Å². The average molecular weight is 338 g/mol. The van der Waals surface area contributed by atoms with Crippen LogP contribution in [0.15, 0.2) is 36.7 Å². The van der Waals surface area contributed by atoms with Crippen LogP contribution in [0.5, 0.6) is 0 Å². The van der Waals surface area contributed by atoms with Crippen LogP contribution < -0.4 is 10.9 Å². The third-order valence-electron chi connectivity index (χ3n) is 2.67. The molecule has 0 unspecified atom stereocenters. The van der Waals surface area contributed by atoms with Gasteiger partial charge in [-0.2, -0.15) is 0 Å². The predicted octanol–water partition coefficient (Wildman–Crippen LogP) is 2.22. The third-order valence-corrected chi connectivity index (χ3v) is 3.94. The molecular formula is C14H12ClN3O3S. The summed E-state index contributed by atoms with van der Waals surface area (Å²) in [5.41, 5.74) is 4.84. The fourth-order valence-electron chi connectivity index (χ4n) is 1.57. The van der Waals surface area contributed by atoms with E-state index in [1.807, 2.05) is 0 Å². The summed E-state index contributed by atoms with van der Waals surface area (Å²) >= 11 is 6.91. The van der Waals surface area contributed by atoms with Crippen molar-refractivity contribution in [1.29, 1.82) is 0 Å². The van der Waals surface area contributed by atoms with Crippen molar-refractivity contribution in [3.8, 4) is 0 Å². The lowest BCUT2D eigenvalue weighted by Crippen LogP contribution is -2.41. The van der Waals surface area contributed by atoms with Crippen LogP contribution in [0, 0.1) is 0 Å². The highest BCUT2D eigenvalue weighted by molar-refractivity contribution is 7.18. The number of aromatic nitrogens is 1. The summed E-state index contributed by atoms with van der Waals surface area (Å²) in [4.78, 5) is 39.4. The molecule has 2 heterocycles. The topological polar surface area (TPSA) is 88.2 Å². The van der Waals surface area contributed by atoms with Gasteiger partial charge in [-0.15, -0.1) is 11.3 Å². The number of halogens is 1. The Labute approximate surface area is 135 Å². The molecular weight excluding hydrogens is 326 g/mol. The molecule has 0 aliphatic carbocycles. The number of nitrogens with zero attached hydrogens (tertiary/aromatic N) is 1. The van der Waals surface area contributed by atoms with Gasteiger partial charge in [0, 0.05) is 25.2 Å². The first-order valence-corrected chi connectivity index (χ1v) is 7.53. The molecule has 0 spiro atoms. The monoisotopic (exact) mass is 337 g/mol. The minimum absolute atomic E-state index is 0.0261. The summed E-state index contributed by atoms with van der Waals surface area (Å²) in [6, 6.07) is 6.44. The Morgan fingerprint density at radius 1 is 1.14 bits per heavy atom. The molecule has 0 aliphatic heterocycles. The van der Waals surface area contributed by atoms with Gasteiger partial charge in [0.2, 0.25) is 5.91 Å². The Kier molecular flexibility index (Phi) is 5.62. The highest BCUT2D eigenvalue weighted by Crippen LogP contribution is 2.22. The first-order chi connectivity index (χ1) is 10.6. The first kappa shape index (κ1) is 16.1. The molecule has 0 aliphatic rings. The summed E-state index contributed by atoms with van der Waals surface area (Å²) in [6.07, 6.45) is 2.94. The molecule has 0 radical (unpaired) electrons. The number of nitrogens with one attached hydrogen (secondary N) is 2. The van der Waals surface area contributed by atoms with Crippen molar-refractivity contribution in [3.63, 3.8) is 0 Å². The number of pyridine rings is 1. The summed E-state index contributed by atoms with van der Waals surface area (Å²) < 4.78 is 0.525. The van der Waals surface area contributed by atoms with Crippen molar-refractivity contribution >= 4 is 40.5 Å². The van der Waals surface area contributed by atoms with Crippen LogP contribution in [-0.2, 0) is 4.79 Å². The van der Waals surface area contributed by atoms with Gasteiger partial charge in [-0.25, -0.2) is 0 Å². The minimum Gasteiger partial charge on any atom is -0.293 e. The van der Waals surface area contributed by atoms with Crippen molar-refractivity contribution < 1.29 is 14.4 Å². The van der Waals surface area contributed by atoms with Crippen LogP contribution in [-0.4, -0.2) is 22.6 Å². The molecule has 2 N–H and O–H groups in total. The zero-order valence-corrected chi connectivity index (χ0v) is 12.9. The summed E-state index contributed by atoms with van der Waals surface area (Å²) in [6.45, 7) is 0. The second kappa shape index (κ2) is 7.67. The Balaban J connectivity index is 1.74. The average Bonchev–Trinajstić information content (AvgIpc) is 2.97. The standard InChI is InChI=1S/C14H12ClN3O3S/c15-12-5-4-11(22-12)10(19)3-6-13(20)17-18-14(21)9-2-1-7-16-8-9/h1-2,4-5,7-8H,3,6H2,(H,17,20)(H,18,21). The van der Waals surface area contributed by atoms with Gasteiger partial charge in [0.1, 0.15) is 0 Å². The molecule has 2 amide bonds. The van der Waals surface area contributed by atoms with Gasteiger partial charge in [0.05, 0.1) is 14.8 Å². The van der Waals surface area contributed by atoms with Gasteiger partial charge < -0.3 is 0 Å². The smallest absolute Gasteiger partial charge is 0.271 e. The molecule has 2 rings (SSSR count). The summed E-state index contributed by atoms with van der Waals surface area (Å²) in [7, 11) is 0. The van der Waals surface area contributed by atoms with E-state index in [1.165, 1.54) is 23.7 Å². The van der Waals surface area contributed by atoms with E-state index in [2.05, 4.69) is 15.8 Å². The second-order valence-corrected chi connectivity index (χ2v) is 5.99. The maximum Gasteiger partial charge on any atom is 0.271 e. The fourth-order valence-corrected chi connectivity index (χ4v) is 2.58. The van der Waals surface area contributed by atoms with E-state index in [4.69, 9.17) is 11.6 Å². The number of carbonyl (C=O) groups excluding carboxylic acids is 3. The van der Waals surface area contributed by atoms with Gasteiger partial charge in [-0.05, 0) is 24.3 Å². The lowest BCUT2D eigenvalue weighted by atomic mass is 10.2. The first-order valence-electron chi connectivity index (χ1n) is 6.34. The maximum absolute atomic E-state index is 11.8. The van der Waals surface area contributed by atoms with E-state index in [1.54, 1.807) is 24.3 Å². The zero-order valence-electron chi connectivity index (χ0n) is 11.3. The normalized spacial score (nSPS) is 10.0. The molecule has 2 aromatic heterocycles. The lowest BCUT2D eigenvalue weighted by Gasteiger charge is -2.06. The second-order valence-electron chi connectivity index (χ2n) is 4.27. The number of rotatable bonds is 5. The Bertz CT molecular complexity index is 688. The third kappa shape index (κ3) is 4.64. The minimum atomic E-state index is -0.474. The lowest BCUT2D eigenvalue weighted by molar-refractivity contribution is -0.121. The number of hydrogen-bond donors (Lipinski definition) is 2. The van der Waals surface area contributed by atoms with Crippen molar-refractivity contribution in [2.45, 2.75) is 12.8 Å². The maximum atomic E-state index is 11.8. The highest BCUT2D eigenvalue weighted by atomic mass is 35.5. The summed E-state index contributed by atoms with van der Waals surface area (Å²) in [5.74, 6) is -1.09. The van der Waals surface area contributed by atoms with Crippen molar-refractivity contribution in [1.82, 2.24) is 15.8 Å². The van der Waals surface area contributed by atoms with E-state index in [0.717, 1.165) is 0 Å². The van der Waals surface area contributed by atoms with Crippen molar-refractivity contribution in [3.05, 3.63) is 51.4 Å². The van der Waals surface area contributed by atoms with Gasteiger partial charge in [-0.3, -0.25) is 30.2 Å². The number of thiophene rings is 1. The molecule has 0 fully saturated rings. The Morgan fingerprint density at radius 3 is 2.59 bits per heavy atom. The van der Waals surface area contributed by atoms with Crippen LogP contribution >= 0.6 is 22.9 Å². The Morgan fingerprint density at radius 2 is 1.95 bits per heavy atom. The molecule has 22 heavy (non-hydrogen) atoms. The molecule has 0 atom stereocenters. The fraction of sp³-hybridized carbons (Fsp3) is 0.143. The van der Waals surface area contributed by atoms with E-state index >= 15 is 0 Å². The number of ketones is 1. The SMILES string of the molecule is O=C(CCC(=O)c1ccc(Cl)s1)NNC(=O)c1cccnc1. The molecule has 6 nitrogen and oxygen atoms in total. The van der Waals surface area contributed by atoms with Crippen LogP contribution in [0.4, 0.5) is 0 Å². The highest BCUT2D eigenvalue weighted by Gasteiger charge is 2.12. The van der Waals surface area contributed by atoms with Crippen LogP contribution in [0.2, 0.25) is 4.34 Å².